The highest BCUT2D eigenvalue weighted by Gasteiger charge is 2.45. The van der Waals surface area contributed by atoms with Gasteiger partial charge in [-0.3, -0.25) is 14.8 Å². The fraction of sp³-hybridized carbons (Fsp3) is 0.389. The van der Waals surface area contributed by atoms with Gasteiger partial charge in [-0.15, -0.1) is 12.3 Å². The van der Waals surface area contributed by atoms with Gasteiger partial charge >= 0.3 is 6.03 Å². The van der Waals surface area contributed by atoms with E-state index in [0.717, 1.165) is 41.9 Å². The van der Waals surface area contributed by atoms with E-state index in [1.165, 1.54) is 0 Å². The normalized spacial score (nSPS) is 19.1. The Hall–Kier alpha value is -3.50. The second-order valence-electron chi connectivity index (χ2n) is 12.3. The van der Waals surface area contributed by atoms with Gasteiger partial charge in [-0.25, -0.2) is 4.79 Å². The Morgan fingerprint density at radius 1 is 0.955 bits per heavy atom. The number of amides is 2. The van der Waals surface area contributed by atoms with Gasteiger partial charge in [-0.2, -0.15) is 0 Å². The van der Waals surface area contributed by atoms with Crippen molar-refractivity contribution in [3.05, 3.63) is 99.0 Å². The SMILES string of the molecule is C#CCCN1CCN(C(=O)N2C(c3ccc(C(C)(C)C)cc3OCC)=N[C@@H](c3ccc(Cl)cc3)[C@H]2c2ccc(Cl)cc2)CC1. The molecular formula is C36H40Cl2N4O2. The third kappa shape index (κ3) is 6.91. The number of aliphatic imine (C=N–C) groups is 1. The Bertz CT molecular complexity index is 1530. The van der Waals surface area contributed by atoms with Gasteiger partial charge in [-0.1, -0.05) is 74.3 Å². The molecule has 2 amide bonds. The zero-order valence-corrected chi connectivity index (χ0v) is 27.4. The van der Waals surface area contributed by atoms with Gasteiger partial charge in [0.25, 0.3) is 0 Å². The molecule has 0 saturated carbocycles. The molecule has 0 aliphatic carbocycles. The minimum atomic E-state index is -0.410. The summed E-state index contributed by atoms with van der Waals surface area (Å²) in [5, 5.41) is 1.28. The number of piperazine rings is 1. The molecule has 1 saturated heterocycles. The van der Waals surface area contributed by atoms with Crippen molar-refractivity contribution in [3.8, 4) is 18.1 Å². The summed E-state index contributed by atoms with van der Waals surface area (Å²) in [4.78, 5) is 26.2. The smallest absolute Gasteiger partial charge is 0.326 e. The minimum absolute atomic E-state index is 0.0752. The van der Waals surface area contributed by atoms with Gasteiger partial charge in [0.05, 0.1) is 18.2 Å². The Balaban J connectivity index is 1.64. The minimum Gasteiger partial charge on any atom is -0.493 e. The summed E-state index contributed by atoms with van der Waals surface area (Å²) >= 11 is 12.6. The summed E-state index contributed by atoms with van der Waals surface area (Å²) in [6, 6.07) is 20.8. The molecule has 6 nitrogen and oxygen atoms in total. The van der Waals surface area contributed by atoms with Crippen LogP contribution in [-0.4, -0.2) is 65.9 Å². The lowest BCUT2D eigenvalue weighted by molar-refractivity contribution is 0.120. The van der Waals surface area contributed by atoms with Gasteiger partial charge in [-0.05, 0) is 65.4 Å². The number of urea groups is 1. The van der Waals surface area contributed by atoms with Crippen LogP contribution in [0.4, 0.5) is 4.79 Å². The largest absolute Gasteiger partial charge is 0.493 e. The van der Waals surface area contributed by atoms with E-state index in [4.69, 9.17) is 39.4 Å². The van der Waals surface area contributed by atoms with Crippen LogP contribution in [0.3, 0.4) is 0 Å². The molecule has 0 bridgehead atoms. The monoisotopic (exact) mass is 630 g/mol. The number of ether oxygens (including phenoxy) is 1. The van der Waals surface area contributed by atoms with Crippen molar-refractivity contribution in [2.45, 2.75) is 51.6 Å². The molecule has 8 heteroatoms. The Labute approximate surface area is 271 Å². The zero-order chi connectivity index (χ0) is 31.4. The molecule has 2 atom stereocenters. The molecular weight excluding hydrogens is 591 g/mol. The van der Waals surface area contributed by atoms with Crippen molar-refractivity contribution in [1.29, 1.82) is 0 Å². The number of benzene rings is 3. The Morgan fingerprint density at radius 2 is 1.57 bits per heavy atom. The molecule has 0 radical (unpaired) electrons. The molecule has 2 aliphatic heterocycles. The van der Waals surface area contributed by atoms with Crippen molar-refractivity contribution in [2.24, 2.45) is 4.99 Å². The predicted octanol–water partition coefficient (Wildman–Crippen LogP) is 8.00. The van der Waals surface area contributed by atoms with E-state index in [-0.39, 0.29) is 17.5 Å². The molecule has 0 aromatic heterocycles. The van der Waals surface area contributed by atoms with E-state index in [2.05, 4.69) is 43.7 Å². The molecule has 2 heterocycles. The molecule has 0 spiro atoms. The maximum absolute atomic E-state index is 14.7. The summed E-state index contributed by atoms with van der Waals surface area (Å²) < 4.78 is 6.23. The second-order valence-corrected chi connectivity index (χ2v) is 13.1. The molecule has 0 unspecified atom stereocenters. The van der Waals surface area contributed by atoms with Crippen LogP contribution >= 0.6 is 23.2 Å². The van der Waals surface area contributed by atoms with E-state index in [0.29, 0.717) is 47.7 Å². The third-order valence-corrected chi connectivity index (χ3v) is 8.80. The summed E-state index contributed by atoms with van der Waals surface area (Å²) in [5.41, 5.74) is 3.77. The quantitative estimate of drug-likeness (QED) is 0.249. The average Bonchev–Trinajstić information content (AvgIpc) is 3.40. The molecule has 44 heavy (non-hydrogen) atoms. The number of amidine groups is 1. The highest BCUT2D eigenvalue weighted by molar-refractivity contribution is 6.30. The van der Waals surface area contributed by atoms with Crippen LogP contribution in [0.1, 0.15) is 68.5 Å². The van der Waals surface area contributed by atoms with E-state index < -0.39 is 6.04 Å². The molecule has 5 rings (SSSR count). The van der Waals surface area contributed by atoms with Crippen molar-refractivity contribution >= 4 is 35.1 Å². The lowest BCUT2D eigenvalue weighted by Gasteiger charge is -2.39. The number of carbonyl (C=O) groups excluding carboxylic acids is 1. The Kier molecular flexibility index (Phi) is 9.90. The number of nitrogens with zero attached hydrogens (tertiary/aromatic N) is 4. The van der Waals surface area contributed by atoms with Gasteiger partial charge in [0.2, 0.25) is 0 Å². The maximum Gasteiger partial charge on any atom is 0.326 e. The number of terminal acetylenes is 1. The summed E-state index contributed by atoms with van der Waals surface area (Å²) in [6.07, 6.45) is 6.20. The second kappa shape index (κ2) is 13.6. The first-order valence-electron chi connectivity index (χ1n) is 15.2. The fourth-order valence-electron chi connectivity index (χ4n) is 5.84. The number of rotatable bonds is 7. The topological polar surface area (TPSA) is 48.4 Å². The third-order valence-electron chi connectivity index (χ3n) is 8.30. The number of hydrogen-bond acceptors (Lipinski definition) is 4. The van der Waals surface area contributed by atoms with Gasteiger partial charge in [0.1, 0.15) is 17.6 Å². The van der Waals surface area contributed by atoms with Gasteiger partial charge < -0.3 is 9.64 Å². The van der Waals surface area contributed by atoms with Crippen LogP contribution in [0.2, 0.25) is 10.0 Å². The molecule has 3 aromatic carbocycles. The first kappa shape index (κ1) is 31.9. The highest BCUT2D eigenvalue weighted by Crippen LogP contribution is 2.46. The van der Waals surface area contributed by atoms with Gasteiger partial charge in [0, 0.05) is 49.2 Å². The molecule has 230 valence electrons. The highest BCUT2D eigenvalue weighted by atomic mass is 35.5. The van der Waals surface area contributed by atoms with Crippen molar-refractivity contribution < 1.29 is 9.53 Å². The maximum atomic E-state index is 14.7. The van der Waals surface area contributed by atoms with E-state index >= 15 is 0 Å². The van der Waals surface area contributed by atoms with Crippen LogP contribution in [0.5, 0.6) is 5.75 Å². The van der Waals surface area contributed by atoms with E-state index in [1.807, 2.05) is 71.3 Å². The lowest BCUT2D eigenvalue weighted by Crippen LogP contribution is -2.54. The summed E-state index contributed by atoms with van der Waals surface area (Å²) in [5.74, 6) is 4.02. The van der Waals surface area contributed by atoms with Gasteiger partial charge in [0.15, 0.2) is 0 Å². The van der Waals surface area contributed by atoms with Crippen LogP contribution in [0.15, 0.2) is 71.7 Å². The summed E-state index contributed by atoms with van der Waals surface area (Å²) in [7, 11) is 0. The summed E-state index contributed by atoms with van der Waals surface area (Å²) in [6.45, 7) is 12.6. The number of carbonyl (C=O) groups is 1. The fourth-order valence-corrected chi connectivity index (χ4v) is 6.09. The molecule has 1 fully saturated rings. The first-order valence-corrected chi connectivity index (χ1v) is 16.0. The van der Waals surface area contributed by atoms with Crippen LogP contribution < -0.4 is 4.74 Å². The number of halogens is 2. The standard InChI is InChI=1S/C36H40Cl2N4O2/c1-6-8-19-40-20-22-41(23-21-40)35(43)42-33(26-11-16-29(38)17-12-26)32(25-9-14-28(37)15-10-25)39-34(42)30-18-13-27(36(3,4)5)24-31(30)44-7-2/h1,9-18,24,32-33H,7-8,19-23H2,2-5H3/t32-,33+/m0/s1. The molecule has 3 aromatic rings. The first-order chi connectivity index (χ1) is 21.1. The van der Waals surface area contributed by atoms with Crippen LogP contribution in [0.25, 0.3) is 0 Å². The van der Waals surface area contributed by atoms with Crippen molar-refractivity contribution in [1.82, 2.24) is 14.7 Å². The van der Waals surface area contributed by atoms with E-state index in [9.17, 15) is 4.79 Å². The number of hydrogen-bond donors (Lipinski definition) is 0. The van der Waals surface area contributed by atoms with E-state index in [1.54, 1.807) is 0 Å². The van der Waals surface area contributed by atoms with Crippen LogP contribution in [0, 0.1) is 12.3 Å². The molecule has 2 aliphatic rings. The molecule has 0 N–H and O–H groups in total. The lowest BCUT2D eigenvalue weighted by atomic mass is 9.86. The van der Waals surface area contributed by atoms with Crippen LogP contribution in [-0.2, 0) is 5.41 Å². The average molecular weight is 632 g/mol. The zero-order valence-electron chi connectivity index (χ0n) is 25.9. The predicted molar refractivity (Wildman–Crippen MR) is 180 cm³/mol. The Morgan fingerprint density at radius 3 is 2.14 bits per heavy atom. The van der Waals surface area contributed by atoms with Crippen molar-refractivity contribution in [3.63, 3.8) is 0 Å². The van der Waals surface area contributed by atoms with Crippen molar-refractivity contribution in [2.75, 3.05) is 39.3 Å².